The van der Waals surface area contributed by atoms with Crippen LogP contribution in [0.3, 0.4) is 0 Å². The van der Waals surface area contributed by atoms with Crippen LogP contribution in [0.25, 0.3) is 27.9 Å². The van der Waals surface area contributed by atoms with Crippen molar-refractivity contribution in [3.05, 3.63) is 72.4 Å². The first-order valence-corrected chi connectivity index (χ1v) is 9.09. The zero-order chi connectivity index (χ0) is 19.3. The lowest BCUT2D eigenvalue weighted by Crippen LogP contribution is -2.38. The number of aryl methyl sites for hydroxylation is 1. The number of aliphatic hydroxyl groups excluding tert-OH is 2. The van der Waals surface area contributed by atoms with E-state index in [0.29, 0.717) is 11.6 Å². The highest BCUT2D eigenvalue weighted by molar-refractivity contribution is 5.89. The summed E-state index contributed by atoms with van der Waals surface area (Å²) in [5.74, 6) is 1.22. The third kappa shape index (κ3) is 2.46. The van der Waals surface area contributed by atoms with E-state index in [-0.39, 0.29) is 13.5 Å². The van der Waals surface area contributed by atoms with E-state index >= 15 is 0 Å². The summed E-state index contributed by atoms with van der Waals surface area (Å²) >= 11 is 0. The standard InChI is InChI=1S/C22H20N3O3/c1-23-9-8-16-10-20-21(12-19(16)23)28-22(25(20)14-27)11-17-7-6-15-4-2-3-5-18(15)24(17)13-26/h2-12,26-27H,13-14H2,1H3/q+1. The minimum Gasteiger partial charge on any atom is -0.438 e. The third-order valence-corrected chi connectivity index (χ3v) is 5.26. The molecule has 1 aliphatic heterocycles. The fraction of sp³-hybridized carbons (Fsp3) is 0.136. The molecular formula is C22H20N3O3+. The van der Waals surface area contributed by atoms with Crippen molar-refractivity contribution in [2.75, 3.05) is 11.6 Å². The van der Waals surface area contributed by atoms with E-state index in [9.17, 15) is 10.2 Å². The number of benzene rings is 2. The summed E-state index contributed by atoms with van der Waals surface area (Å²) in [6.45, 7) is -0.361. The lowest BCUT2D eigenvalue weighted by molar-refractivity contribution is -0.707. The number of anilines is 1. The zero-order valence-electron chi connectivity index (χ0n) is 15.4. The van der Waals surface area contributed by atoms with E-state index in [1.807, 2.05) is 78.5 Å². The Morgan fingerprint density at radius 3 is 2.71 bits per heavy atom. The van der Waals surface area contributed by atoms with E-state index in [0.717, 1.165) is 33.2 Å². The molecule has 2 aromatic heterocycles. The van der Waals surface area contributed by atoms with Gasteiger partial charge < -0.3 is 19.5 Å². The Hall–Kier alpha value is -3.35. The Morgan fingerprint density at radius 2 is 1.89 bits per heavy atom. The summed E-state index contributed by atoms with van der Waals surface area (Å²) < 4.78 is 9.92. The second-order valence-electron chi connectivity index (χ2n) is 6.85. The van der Waals surface area contributed by atoms with Gasteiger partial charge in [0.2, 0.25) is 17.1 Å². The van der Waals surface area contributed by atoms with Crippen LogP contribution in [-0.4, -0.2) is 21.5 Å². The summed E-state index contributed by atoms with van der Waals surface area (Å²) in [6.07, 6.45) is 3.84. The van der Waals surface area contributed by atoms with Crippen LogP contribution in [0, 0.1) is 0 Å². The average molecular weight is 374 g/mol. The normalized spacial score (nSPS) is 14.8. The predicted molar refractivity (Wildman–Crippen MR) is 107 cm³/mol. The molecule has 0 bridgehead atoms. The first-order valence-electron chi connectivity index (χ1n) is 9.09. The minimum absolute atomic E-state index is 0.156. The maximum Gasteiger partial charge on any atom is 0.251 e. The van der Waals surface area contributed by atoms with Crippen molar-refractivity contribution in [2.45, 2.75) is 6.73 Å². The van der Waals surface area contributed by atoms with Crippen LogP contribution in [0.1, 0.15) is 5.69 Å². The number of hydrogen-bond donors (Lipinski definition) is 2. The second-order valence-corrected chi connectivity index (χ2v) is 6.85. The molecule has 2 N–H and O–H groups in total. The van der Waals surface area contributed by atoms with Gasteiger partial charge in [-0.3, -0.25) is 4.90 Å². The molecule has 0 amide bonds. The molecule has 2 aromatic carbocycles. The van der Waals surface area contributed by atoms with Gasteiger partial charge in [-0.15, -0.1) is 0 Å². The lowest BCUT2D eigenvalue weighted by Gasteiger charge is -2.14. The van der Waals surface area contributed by atoms with Crippen molar-refractivity contribution < 1.29 is 19.5 Å². The maximum absolute atomic E-state index is 9.98. The van der Waals surface area contributed by atoms with Crippen LogP contribution >= 0.6 is 0 Å². The average Bonchev–Trinajstić information content (AvgIpc) is 3.25. The summed E-state index contributed by atoms with van der Waals surface area (Å²) in [5, 5.41) is 22.1. The molecule has 0 spiro atoms. The van der Waals surface area contributed by atoms with Gasteiger partial charge in [0, 0.05) is 42.2 Å². The second kappa shape index (κ2) is 6.37. The predicted octanol–water partition coefficient (Wildman–Crippen LogP) is 2.72. The number of nitrogens with zero attached hydrogens (tertiary/aromatic N) is 3. The lowest BCUT2D eigenvalue weighted by atomic mass is 10.2. The van der Waals surface area contributed by atoms with Crippen molar-refractivity contribution in [1.82, 2.24) is 4.57 Å². The highest BCUT2D eigenvalue weighted by Crippen LogP contribution is 2.42. The van der Waals surface area contributed by atoms with Gasteiger partial charge in [0.15, 0.2) is 5.75 Å². The van der Waals surface area contributed by atoms with Crippen LogP contribution in [-0.2, 0) is 13.8 Å². The van der Waals surface area contributed by atoms with E-state index in [1.165, 1.54) is 0 Å². The SMILES string of the molecule is Cn1ccc2cc3c(cc21)OC(=Cc1ccc2ccccc2[n+]1CO)N3CO. The first-order chi connectivity index (χ1) is 13.7. The highest BCUT2D eigenvalue weighted by atomic mass is 16.5. The van der Waals surface area contributed by atoms with Gasteiger partial charge in [-0.05, 0) is 24.3 Å². The third-order valence-electron chi connectivity index (χ3n) is 5.26. The van der Waals surface area contributed by atoms with E-state index in [1.54, 1.807) is 9.47 Å². The van der Waals surface area contributed by atoms with Crippen LogP contribution in [0.5, 0.6) is 5.75 Å². The van der Waals surface area contributed by atoms with Crippen LogP contribution in [0.4, 0.5) is 5.69 Å². The van der Waals surface area contributed by atoms with Crippen molar-refractivity contribution in [1.29, 1.82) is 0 Å². The highest BCUT2D eigenvalue weighted by Gasteiger charge is 2.28. The Labute approximate surface area is 161 Å². The van der Waals surface area contributed by atoms with Crippen molar-refractivity contribution in [3.8, 4) is 5.75 Å². The largest absolute Gasteiger partial charge is 0.438 e. The molecule has 5 rings (SSSR count). The molecule has 6 heteroatoms. The number of rotatable bonds is 3. The van der Waals surface area contributed by atoms with Gasteiger partial charge in [0.1, 0.15) is 6.73 Å². The fourth-order valence-electron chi connectivity index (χ4n) is 3.81. The molecule has 3 heterocycles. The number of aliphatic hydroxyl groups is 2. The van der Waals surface area contributed by atoms with Crippen molar-refractivity contribution >= 4 is 33.6 Å². The smallest absolute Gasteiger partial charge is 0.251 e. The Balaban J connectivity index is 1.64. The molecule has 28 heavy (non-hydrogen) atoms. The molecule has 4 aromatic rings. The molecule has 0 atom stereocenters. The monoisotopic (exact) mass is 374 g/mol. The molecule has 0 saturated heterocycles. The number of fused-ring (bicyclic) bond motifs is 3. The summed E-state index contributed by atoms with van der Waals surface area (Å²) in [6, 6.07) is 17.9. The number of ether oxygens (including phenoxy) is 1. The summed E-state index contributed by atoms with van der Waals surface area (Å²) in [5.41, 5.74) is 3.60. The topological polar surface area (TPSA) is 61.7 Å². The molecule has 0 unspecified atom stereocenters. The molecule has 0 fully saturated rings. The van der Waals surface area contributed by atoms with Crippen molar-refractivity contribution in [2.24, 2.45) is 7.05 Å². The molecule has 1 aliphatic rings. The molecule has 6 nitrogen and oxygen atoms in total. The van der Waals surface area contributed by atoms with Gasteiger partial charge in [-0.2, -0.15) is 4.57 Å². The number of hydrogen-bond acceptors (Lipinski definition) is 4. The molecule has 0 radical (unpaired) electrons. The number of pyridine rings is 1. The van der Waals surface area contributed by atoms with Gasteiger partial charge >= 0.3 is 0 Å². The summed E-state index contributed by atoms with van der Waals surface area (Å²) in [7, 11) is 1.99. The quantitative estimate of drug-likeness (QED) is 0.542. The van der Waals surface area contributed by atoms with Gasteiger partial charge in [0.05, 0.1) is 17.3 Å². The van der Waals surface area contributed by atoms with Gasteiger partial charge in [-0.25, -0.2) is 0 Å². The Kier molecular flexibility index (Phi) is 3.82. The number of para-hydroxylation sites is 1. The summed E-state index contributed by atoms with van der Waals surface area (Å²) in [4.78, 5) is 1.72. The van der Waals surface area contributed by atoms with Gasteiger partial charge in [0.25, 0.3) is 6.73 Å². The van der Waals surface area contributed by atoms with E-state index in [2.05, 4.69) is 0 Å². The maximum atomic E-state index is 9.98. The molecular weight excluding hydrogens is 354 g/mol. The first kappa shape index (κ1) is 16.8. The number of aromatic nitrogens is 2. The Morgan fingerprint density at radius 1 is 1.04 bits per heavy atom. The van der Waals surface area contributed by atoms with Crippen LogP contribution in [0.15, 0.2) is 66.7 Å². The van der Waals surface area contributed by atoms with Gasteiger partial charge in [-0.1, -0.05) is 12.1 Å². The van der Waals surface area contributed by atoms with Crippen molar-refractivity contribution in [3.63, 3.8) is 0 Å². The molecule has 140 valence electrons. The van der Waals surface area contributed by atoms with E-state index < -0.39 is 0 Å². The fourth-order valence-corrected chi connectivity index (χ4v) is 3.81. The molecule has 0 saturated carbocycles. The van der Waals surface area contributed by atoms with E-state index in [4.69, 9.17) is 4.74 Å². The van der Waals surface area contributed by atoms with Crippen LogP contribution < -0.4 is 14.2 Å². The zero-order valence-corrected chi connectivity index (χ0v) is 15.4. The minimum atomic E-state index is -0.204. The Bertz CT molecular complexity index is 1240. The molecule has 0 aliphatic carbocycles. The van der Waals surface area contributed by atoms with Crippen LogP contribution in [0.2, 0.25) is 0 Å².